The molecule has 5 rings (SSSR count). The van der Waals surface area contributed by atoms with E-state index in [1.807, 2.05) is 12.1 Å². The highest BCUT2D eigenvalue weighted by Crippen LogP contribution is 2.35. The number of hydrogen-bond donors (Lipinski definition) is 4. The first kappa shape index (κ1) is 24.9. The molecule has 0 radical (unpaired) electrons. The topological polar surface area (TPSA) is 164 Å². The van der Waals surface area contributed by atoms with Crippen molar-refractivity contribution in [2.45, 2.75) is 37.7 Å². The summed E-state index contributed by atoms with van der Waals surface area (Å²) in [6.07, 6.45) is -3.01. The SMILES string of the molecule is N#Cc1ccc(COCC2OC(n3c(NCc4ccc(Cl)cc4)nc4c(N)ncnc43)C(O)C2O)cc1. The first-order valence-corrected chi connectivity index (χ1v) is 11.9. The number of halogens is 1. The van der Waals surface area contributed by atoms with E-state index in [0.717, 1.165) is 11.1 Å². The van der Waals surface area contributed by atoms with Gasteiger partial charge in [0.25, 0.3) is 0 Å². The number of ether oxygens (including phenoxy) is 2. The molecule has 11 nitrogen and oxygen atoms in total. The molecule has 4 unspecified atom stereocenters. The Hall–Kier alpha value is -3.79. The standard InChI is InChI=1S/C25H24ClN7O4/c26-17-7-5-15(6-8-17)10-29-25-32-19-22(28)30-13-31-23(19)33(25)24-21(35)20(34)18(37-24)12-36-11-16-3-1-14(9-27)2-4-16/h1-8,13,18,20-21,24,34-35H,10-12H2,(H,29,32)(H2,28,30,31). The van der Waals surface area contributed by atoms with Crippen molar-refractivity contribution in [3.63, 3.8) is 0 Å². The van der Waals surface area contributed by atoms with Crippen LogP contribution in [0.3, 0.4) is 0 Å². The van der Waals surface area contributed by atoms with Gasteiger partial charge < -0.3 is 30.7 Å². The van der Waals surface area contributed by atoms with Crippen LogP contribution < -0.4 is 11.1 Å². The van der Waals surface area contributed by atoms with Crippen LogP contribution in [0.25, 0.3) is 11.2 Å². The fraction of sp³-hybridized carbons (Fsp3) is 0.280. The Balaban J connectivity index is 1.34. The average molecular weight is 522 g/mol. The van der Waals surface area contributed by atoms with E-state index in [1.54, 1.807) is 41.0 Å². The molecular formula is C25H24ClN7O4. The quantitative estimate of drug-likeness (QED) is 0.270. The molecule has 1 aliphatic heterocycles. The Bertz CT molecular complexity index is 1420. The third-order valence-electron chi connectivity index (χ3n) is 6.09. The summed E-state index contributed by atoms with van der Waals surface area (Å²) in [5, 5.41) is 34.4. The second-order valence-electron chi connectivity index (χ2n) is 8.59. The Morgan fingerprint density at radius 1 is 1.08 bits per heavy atom. The first-order chi connectivity index (χ1) is 17.9. The van der Waals surface area contributed by atoms with E-state index in [0.29, 0.717) is 34.2 Å². The van der Waals surface area contributed by atoms with Crippen molar-refractivity contribution < 1.29 is 19.7 Å². The lowest BCUT2D eigenvalue weighted by Gasteiger charge is -2.20. The molecule has 190 valence electrons. The number of nitrogens with one attached hydrogen (secondary N) is 1. The van der Waals surface area contributed by atoms with Gasteiger partial charge in [-0.05, 0) is 35.4 Å². The number of benzene rings is 2. The molecule has 3 heterocycles. The van der Waals surface area contributed by atoms with Gasteiger partial charge in [-0.3, -0.25) is 4.57 Å². The third-order valence-corrected chi connectivity index (χ3v) is 6.35. The Morgan fingerprint density at radius 2 is 1.81 bits per heavy atom. The molecule has 0 spiro atoms. The minimum absolute atomic E-state index is 0.0337. The van der Waals surface area contributed by atoms with Gasteiger partial charge in [0, 0.05) is 11.6 Å². The van der Waals surface area contributed by atoms with Crippen molar-refractivity contribution in [2.75, 3.05) is 17.7 Å². The van der Waals surface area contributed by atoms with Crippen LogP contribution in [0.4, 0.5) is 11.8 Å². The van der Waals surface area contributed by atoms with Crippen LogP contribution in [0, 0.1) is 11.3 Å². The van der Waals surface area contributed by atoms with Gasteiger partial charge in [-0.1, -0.05) is 35.9 Å². The number of nitriles is 1. The van der Waals surface area contributed by atoms with Crippen LogP contribution in [0.5, 0.6) is 0 Å². The molecule has 4 atom stereocenters. The van der Waals surface area contributed by atoms with Crippen LogP contribution in [0.15, 0.2) is 54.9 Å². The number of nitrogens with zero attached hydrogens (tertiary/aromatic N) is 5. The summed E-state index contributed by atoms with van der Waals surface area (Å²) in [6, 6.07) is 16.4. The number of hydrogen-bond acceptors (Lipinski definition) is 10. The van der Waals surface area contributed by atoms with Gasteiger partial charge in [-0.2, -0.15) is 5.26 Å². The van der Waals surface area contributed by atoms with E-state index in [2.05, 4.69) is 26.3 Å². The lowest BCUT2D eigenvalue weighted by molar-refractivity contribution is -0.0675. The summed E-state index contributed by atoms with van der Waals surface area (Å²) in [5.74, 6) is 0.515. The summed E-state index contributed by atoms with van der Waals surface area (Å²) >= 11 is 5.98. The van der Waals surface area contributed by atoms with Gasteiger partial charge in [0.15, 0.2) is 23.2 Å². The van der Waals surface area contributed by atoms with Crippen molar-refractivity contribution in [1.29, 1.82) is 5.26 Å². The van der Waals surface area contributed by atoms with E-state index in [-0.39, 0.29) is 19.0 Å². The van der Waals surface area contributed by atoms with Crippen molar-refractivity contribution in [3.8, 4) is 6.07 Å². The van der Waals surface area contributed by atoms with Crippen LogP contribution in [0.2, 0.25) is 5.02 Å². The summed E-state index contributed by atoms with van der Waals surface area (Å²) in [6.45, 7) is 0.688. The number of nitrogens with two attached hydrogens (primary N) is 1. The average Bonchev–Trinajstić information content (AvgIpc) is 3.42. The molecule has 0 aliphatic carbocycles. The number of imidazole rings is 1. The van der Waals surface area contributed by atoms with Crippen LogP contribution in [-0.2, 0) is 22.6 Å². The number of fused-ring (bicyclic) bond motifs is 1. The van der Waals surface area contributed by atoms with E-state index in [9.17, 15) is 10.2 Å². The van der Waals surface area contributed by atoms with Gasteiger partial charge in [-0.15, -0.1) is 0 Å². The van der Waals surface area contributed by atoms with Gasteiger partial charge in [-0.25, -0.2) is 15.0 Å². The number of nitrogen functional groups attached to an aromatic ring is 1. The van der Waals surface area contributed by atoms with Crippen LogP contribution >= 0.6 is 11.6 Å². The lowest BCUT2D eigenvalue weighted by Crippen LogP contribution is -2.34. The highest BCUT2D eigenvalue weighted by Gasteiger charge is 2.45. The van der Waals surface area contributed by atoms with Crippen molar-refractivity contribution in [2.24, 2.45) is 0 Å². The molecule has 1 fully saturated rings. The van der Waals surface area contributed by atoms with Crippen molar-refractivity contribution in [1.82, 2.24) is 19.5 Å². The summed E-state index contributed by atoms with van der Waals surface area (Å²) < 4.78 is 13.4. The predicted octanol–water partition coefficient (Wildman–Crippen LogP) is 2.38. The van der Waals surface area contributed by atoms with E-state index >= 15 is 0 Å². The van der Waals surface area contributed by atoms with E-state index in [1.165, 1.54) is 6.33 Å². The monoisotopic (exact) mass is 521 g/mol. The number of rotatable bonds is 8. The molecule has 0 bridgehead atoms. The summed E-state index contributed by atoms with van der Waals surface area (Å²) in [5.41, 5.74) is 9.09. The third kappa shape index (κ3) is 5.20. The van der Waals surface area contributed by atoms with Gasteiger partial charge in [0.2, 0.25) is 5.95 Å². The summed E-state index contributed by atoms with van der Waals surface area (Å²) in [4.78, 5) is 12.8. The molecule has 1 aliphatic rings. The molecule has 2 aromatic heterocycles. The van der Waals surface area contributed by atoms with Gasteiger partial charge in [0.05, 0.1) is 24.8 Å². The first-order valence-electron chi connectivity index (χ1n) is 11.5. The largest absolute Gasteiger partial charge is 0.387 e. The maximum absolute atomic E-state index is 10.9. The zero-order valence-electron chi connectivity index (χ0n) is 19.5. The van der Waals surface area contributed by atoms with Gasteiger partial charge in [0.1, 0.15) is 24.6 Å². The Labute approximate surface area is 217 Å². The predicted molar refractivity (Wildman–Crippen MR) is 135 cm³/mol. The summed E-state index contributed by atoms with van der Waals surface area (Å²) in [7, 11) is 0. The van der Waals surface area contributed by atoms with Gasteiger partial charge >= 0.3 is 0 Å². The minimum atomic E-state index is -1.28. The minimum Gasteiger partial charge on any atom is -0.387 e. The maximum Gasteiger partial charge on any atom is 0.207 e. The molecule has 5 N–H and O–H groups in total. The normalized spacial score (nSPS) is 21.2. The number of aliphatic hydroxyl groups excluding tert-OH is 2. The molecule has 0 saturated carbocycles. The second-order valence-corrected chi connectivity index (χ2v) is 9.02. The van der Waals surface area contributed by atoms with Crippen molar-refractivity contribution >= 4 is 34.5 Å². The van der Waals surface area contributed by atoms with Crippen LogP contribution in [-0.4, -0.2) is 54.7 Å². The zero-order valence-corrected chi connectivity index (χ0v) is 20.3. The Morgan fingerprint density at radius 3 is 2.54 bits per heavy atom. The molecular weight excluding hydrogens is 498 g/mol. The number of aromatic nitrogens is 4. The number of aliphatic hydroxyl groups is 2. The van der Waals surface area contributed by atoms with Crippen molar-refractivity contribution in [3.05, 3.63) is 76.6 Å². The lowest BCUT2D eigenvalue weighted by atomic mass is 10.1. The maximum atomic E-state index is 10.9. The molecule has 0 amide bonds. The fourth-order valence-electron chi connectivity index (χ4n) is 4.12. The zero-order chi connectivity index (χ0) is 25.9. The fourth-order valence-corrected chi connectivity index (χ4v) is 4.25. The molecule has 1 saturated heterocycles. The second kappa shape index (κ2) is 10.7. The smallest absolute Gasteiger partial charge is 0.207 e. The molecule has 37 heavy (non-hydrogen) atoms. The highest BCUT2D eigenvalue weighted by atomic mass is 35.5. The van der Waals surface area contributed by atoms with Crippen LogP contribution in [0.1, 0.15) is 22.9 Å². The highest BCUT2D eigenvalue weighted by molar-refractivity contribution is 6.30. The molecule has 4 aromatic rings. The van der Waals surface area contributed by atoms with E-state index in [4.69, 9.17) is 32.1 Å². The van der Waals surface area contributed by atoms with E-state index < -0.39 is 24.5 Å². The Kier molecular flexibility index (Phi) is 7.18. The number of anilines is 2. The molecule has 12 heteroatoms. The molecule has 2 aromatic carbocycles.